The minimum atomic E-state index is -0.788. The zero-order valence-corrected chi connectivity index (χ0v) is 20.1. The summed E-state index contributed by atoms with van der Waals surface area (Å²) in [7, 11) is 0. The summed E-state index contributed by atoms with van der Waals surface area (Å²) in [4.78, 5) is 15.7. The molecule has 3 aliphatic heterocycles. The van der Waals surface area contributed by atoms with Gasteiger partial charge in [-0.05, 0) is 55.5 Å². The van der Waals surface area contributed by atoms with Gasteiger partial charge in [0.25, 0.3) is 0 Å². The highest BCUT2D eigenvalue weighted by atomic mass is 35.5. The van der Waals surface area contributed by atoms with Crippen molar-refractivity contribution in [1.82, 2.24) is 19.5 Å². The highest BCUT2D eigenvalue weighted by Crippen LogP contribution is 2.48. The molecule has 0 radical (unpaired) electrons. The molecule has 0 bridgehead atoms. The van der Waals surface area contributed by atoms with Crippen LogP contribution in [0.25, 0.3) is 11.2 Å². The number of imidazole rings is 1. The van der Waals surface area contributed by atoms with E-state index in [1.54, 1.807) is 17.0 Å². The highest BCUT2D eigenvalue weighted by molar-refractivity contribution is 6.28. The lowest BCUT2D eigenvalue weighted by atomic mass is 9.77. The minimum Gasteiger partial charge on any atom is -0.394 e. The summed E-state index contributed by atoms with van der Waals surface area (Å²) >= 11 is 6.37. The molecule has 2 unspecified atom stereocenters. The summed E-state index contributed by atoms with van der Waals surface area (Å²) in [5, 5.41) is 9.94. The molecule has 5 heterocycles. The first-order valence-corrected chi connectivity index (χ1v) is 12.2. The zero-order chi connectivity index (χ0) is 24.1. The van der Waals surface area contributed by atoms with Crippen LogP contribution < -0.4 is 4.90 Å². The molecule has 11 heteroatoms. The Hall–Kier alpha value is -2.37. The molecule has 3 fully saturated rings. The molecule has 1 aromatic carbocycles. The number of aliphatic hydroxyl groups is 1. The van der Waals surface area contributed by atoms with Gasteiger partial charge in [-0.25, -0.2) is 9.37 Å². The maximum Gasteiger partial charge on any atom is 0.226 e. The van der Waals surface area contributed by atoms with Crippen molar-refractivity contribution in [1.29, 1.82) is 0 Å². The topological polar surface area (TPSA) is 94.8 Å². The van der Waals surface area contributed by atoms with Gasteiger partial charge in [0.05, 0.1) is 12.9 Å². The third-order valence-corrected chi connectivity index (χ3v) is 7.81. The van der Waals surface area contributed by atoms with Gasteiger partial charge in [-0.15, -0.1) is 0 Å². The fourth-order valence-electron chi connectivity index (χ4n) is 6.26. The van der Waals surface area contributed by atoms with E-state index in [1.807, 2.05) is 19.9 Å². The van der Waals surface area contributed by atoms with Crippen molar-refractivity contribution in [2.45, 2.75) is 57.0 Å². The van der Waals surface area contributed by atoms with E-state index in [0.29, 0.717) is 17.0 Å². The normalized spacial score (nSPS) is 30.1. The van der Waals surface area contributed by atoms with Gasteiger partial charge < -0.3 is 24.2 Å². The summed E-state index contributed by atoms with van der Waals surface area (Å²) in [6.07, 6.45) is 1.26. The molecule has 1 N–H and O–H groups in total. The molecule has 184 valence electrons. The van der Waals surface area contributed by atoms with E-state index in [2.05, 4.69) is 19.9 Å². The van der Waals surface area contributed by atoms with Crippen LogP contribution in [-0.4, -0.2) is 68.4 Å². The van der Waals surface area contributed by atoms with Gasteiger partial charge in [-0.3, -0.25) is 4.57 Å². The Balaban J connectivity index is 1.20. The molecular weight excluding hydrogens is 477 g/mol. The third-order valence-electron chi connectivity index (χ3n) is 7.64. The van der Waals surface area contributed by atoms with Crippen molar-refractivity contribution in [3.05, 3.63) is 46.8 Å². The second-order valence-corrected chi connectivity index (χ2v) is 10.9. The predicted molar refractivity (Wildman–Crippen MR) is 124 cm³/mol. The Bertz CT molecular complexity index is 1340. The van der Waals surface area contributed by atoms with Crippen molar-refractivity contribution in [2.75, 3.05) is 24.6 Å². The van der Waals surface area contributed by atoms with Crippen LogP contribution in [0, 0.1) is 11.2 Å². The number of aromatic nitrogens is 4. The first-order chi connectivity index (χ1) is 16.8. The number of benzene rings is 1. The summed E-state index contributed by atoms with van der Waals surface area (Å²) in [6.45, 7) is 4.96. The molecule has 0 saturated carbocycles. The Labute approximate surface area is 205 Å². The summed E-state index contributed by atoms with van der Waals surface area (Å²) in [5.74, 6) is -0.261. The second kappa shape index (κ2) is 7.33. The van der Waals surface area contributed by atoms with Crippen molar-refractivity contribution >= 4 is 28.6 Å². The number of hydrogen-bond donors (Lipinski definition) is 1. The van der Waals surface area contributed by atoms with Crippen LogP contribution >= 0.6 is 11.6 Å². The van der Waals surface area contributed by atoms with E-state index in [4.69, 9.17) is 25.8 Å². The Morgan fingerprint density at radius 1 is 1.17 bits per heavy atom. The number of aliphatic hydroxyl groups excluding tert-OH is 1. The van der Waals surface area contributed by atoms with Crippen LogP contribution in [0.3, 0.4) is 0 Å². The summed E-state index contributed by atoms with van der Waals surface area (Å²) in [6, 6.07) is 5.33. The number of rotatable bonds is 3. The van der Waals surface area contributed by atoms with E-state index in [9.17, 15) is 9.50 Å². The van der Waals surface area contributed by atoms with Gasteiger partial charge in [0.1, 0.15) is 24.1 Å². The highest BCUT2D eigenvalue weighted by Gasteiger charge is 2.56. The minimum absolute atomic E-state index is 0.00637. The molecule has 1 spiro atoms. The van der Waals surface area contributed by atoms with Gasteiger partial charge >= 0.3 is 0 Å². The van der Waals surface area contributed by atoms with Crippen LogP contribution in [0.5, 0.6) is 0 Å². The van der Waals surface area contributed by atoms with E-state index >= 15 is 0 Å². The van der Waals surface area contributed by atoms with E-state index in [1.165, 1.54) is 6.07 Å². The van der Waals surface area contributed by atoms with Crippen LogP contribution in [-0.2, 0) is 27.1 Å². The predicted octanol–water partition coefficient (Wildman–Crippen LogP) is 2.63. The first-order valence-electron chi connectivity index (χ1n) is 11.8. The van der Waals surface area contributed by atoms with Crippen LogP contribution in [0.15, 0.2) is 24.5 Å². The number of ether oxygens (including phenoxy) is 3. The molecule has 4 aliphatic rings. The molecule has 0 amide bonds. The summed E-state index contributed by atoms with van der Waals surface area (Å²) in [5.41, 5.74) is 3.05. The lowest BCUT2D eigenvalue weighted by molar-refractivity contribution is -0.199. The standard InChI is InChI=1S/C24H25ClFN5O4/c1-23(2)34-17-15(8-32)33-21(18(17)35-23)31-11-27-16-19(28-22(25)29-20(16)31)30-9-24(10-30)6-12-4-3-5-14(26)13(12)7-24/h3-5,11,15,17-18,21,32H,6-10H2,1-2H3/t15-,17?,18?,21-/m1/s1. The van der Waals surface area contributed by atoms with Crippen LogP contribution in [0.2, 0.25) is 5.28 Å². The average Bonchev–Trinajstić information content (AvgIpc) is 3.52. The number of anilines is 1. The lowest BCUT2D eigenvalue weighted by Gasteiger charge is -2.49. The SMILES string of the molecule is CC1(C)OC2C(O1)[C@@H](CO)O[C@H]2n1cnc2c(N3CC4(Cc5cccc(F)c5C4)C3)nc(Cl)nc21. The molecular formula is C24H25ClFN5O4. The van der Waals surface area contributed by atoms with Crippen molar-refractivity contribution in [3.63, 3.8) is 0 Å². The Morgan fingerprint density at radius 2 is 1.97 bits per heavy atom. The van der Waals surface area contributed by atoms with Gasteiger partial charge in [0.15, 0.2) is 29.0 Å². The molecule has 4 atom stereocenters. The number of fused-ring (bicyclic) bond motifs is 3. The van der Waals surface area contributed by atoms with Crippen LogP contribution in [0.4, 0.5) is 10.2 Å². The number of halogens is 2. The van der Waals surface area contributed by atoms with Crippen molar-refractivity contribution < 1.29 is 23.7 Å². The smallest absolute Gasteiger partial charge is 0.226 e. The maximum atomic E-state index is 14.3. The number of hydrogen-bond acceptors (Lipinski definition) is 8. The zero-order valence-electron chi connectivity index (χ0n) is 19.3. The Kier molecular flexibility index (Phi) is 4.58. The maximum absolute atomic E-state index is 14.3. The number of nitrogens with zero attached hydrogens (tertiary/aromatic N) is 5. The third kappa shape index (κ3) is 3.24. The molecule has 35 heavy (non-hydrogen) atoms. The summed E-state index contributed by atoms with van der Waals surface area (Å²) < 4.78 is 34.3. The van der Waals surface area contributed by atoms with Crippen LogP contribution in [0.1, 0.15) is 31.2 Å². The fourth-order valence-corrected chi connectivity index (χ4v) is 6.42. The average molecular weight is 502 g/mol. The van der Waals surface area contributed by atoms with Gasteiger partial charge in [-0.2, -0.15) is 9.97 Å². The quantitative estimate of drug-likeness (QED) is 0.547. The molecule has 2 aromatic heterocycles. The fraction of sp³-hybridized carbons (Fsp3) is 0.542. The van der Waals surface area contributed by atoms with Gasteiger partial charge in [0, 0.05) is 18.5 Å². The van der Waals surface area contributed by atoms with Gasteiger partial charge in [-0.1, -0.05) is 12.1 Å². The molecule has 1 aliphatic carbocycles. The van der Waals surface area contributed by atoms with E-state index in [-0.39, 0.29) is 23.1 Å². The molecule has 3 saturated heterocycles. The lowest BCUT2D eigenvalue weighted by Crippen LogP contribution is -2.57. The Morgan fingerprint density at radius 3 is 2.74 bits per heavy atom. The van der Waals surface area contributed by atoms with Crippen molar-refractivity contribution in [3.8, 4) is 0 Å². The second-order valence-electron chi connectivity index (χ2n) is 10.5. The largest absolute Gasteiger partial charge is 0.394 e. The van der Waals surface area contributed by atoms with Crippen molar-refractivity contribution in [2.24, 2.45) is 5.41 Å². The van der Waals surface area contributed by atoms with E-state index in [0.717, 1.165) is 37.1 Å². The molecule has 7 rings (SSSR count). The monoisotopic (exact) mass is 501 g/mol. The van der Waals surface area contributed by atoms with Gasteiger partial charge in [0.2, 0.25) is 5.28 Å². The first kappa shape index (κ1) is 21.9. The molecule has 9 nitrogen and oxygen atoms in total. The van der Waals surface area contributed by atoms with E-state index < -0.39 is 30.3 Å². The molecule has 3 aromatic rings.